The summed E-state index contributed by atoms with van der Waals surface area (Å²) in [5, 5.41) is 20.1. The number of aromatic nitrogens is 4. The lowest BCUT2D eigenvalue weighted by molar-refractivity contribution is -0.150. The standard InChI is InChI=1S/C23H31N3O3S.C18H27N3O3.C6H8O3S2/c1-3-29-23(28)19-6-4-17(5-7-19)12-22(27)25-10-8-20-16(2)24-26(21(20)14-25)13-18-9-11-30-15-18;1-3-24-18(23)14-6-4-13(5-7-14)10-17(22)21-9-8-15-12(2)19-20-16(15)11-21;1-11(7,8)9-4-6-2-3-10-5-6/h9,11,15,17,19H,3-8,10,12-14H2,1-2H3;13-14H,3-11H2,1-2H3,(H,19,20);2-3,5H,4H2,1H3. The van der Waals surface area contributed by atoms with Gasteiger partial charge >= 0.3 is 11.9 Å². The van der Waals surface area contributed by atoms with Gasteiger partial charge in [0.25, 0.3) is 10.1 Å². The van der Waals surface area contributed by atoms with Crippen LogP contribution in [-0.2, 0) is 82.0 Å². The lowest BCUT2D eigenvalue weighted by Gasteiger charge is -2.31. The summed E-state index contributed by atoms with van der Waals surface area (Å²) in [6, 6.07) is 3.96. The summed E-state index contributed by atoms with van der Waals surface area (Å²) in [6.45, 7) is 12.4. The van der Waals surface area contributed by atoms with E-state index in [1.165, 1.54) is 33.7 Å². The molecule has 4 aromatic heterocycles. The molecule has 1 N–H and O–H groups in total. The number of nitrogens with one attached hydrogen (secondary N) is 1. The van der Waals surface area contributed by atoms with Crippen molar-refractivity contribution in [3.8, 4) is 0 Å². The fraction of sp³-hybridized carbons (Fsp3) is 0.617. The van der Waals surface area contributed by atoms with Gasteiger partial charge in [0, 0.05) is 31.6 Å². The second-order valence-corrected chi connectivity index (χ2v) is 20.9. The third-order valence-corrected chi connectivity index (χ3v) is 15.0. The highest BCUT2D eigenvalue weighted by Crippen LogP contribution is 2.34. The highest BCUT2D eigenvalue weighted by molar-refractivity contribution is 7.85. The number of H-pyrrole nitrogens is 1. The summed E-state index contributed by atoms with van der Waals surface area (Å²) in [4.78, 5) is 53.3. The number of thiophene rings is 2. The number of hydrogen-bond donors (Lipinski definition) is 1. The molecular formula is C47H66N6O9S3. The number of fused-ring (bicyclic) bond motifs is 2. The van der Waals surface area contributed by atoms with Crippen molar-refractivity contribution in [3.63, 3.8) is 0 Å². The van der Waals surface area contributed by atoms with Crippen LogP contribution in [0.1, 0.15) is 123 Å². The molecule has 4 aromatic rings. The third-order valence-electron chi connectivity index (χ3n) is 13.0. The number of nitrogens with zero attached hydrogens (tertiary/aromatic N) is 5. The molecule has 2 fully saturated rings. The molecule has 6 heterocycles. The molecule has 15 nitrogen and oxygen atoms in total. The van der Waals surface area contributed by atoms with E-state index in [9.17, 15) is 27.6 Å². The van der Waals surface area contributed by atoms with Crippen LogP contribution in [0, 0.1) is 37.5 Å². The molecule has 356 valence electrons. The highest BCUT2D eigenvalue weighted by Gasteiger charge is 2.33. The van der Waals surface area contributed by atoms with Gasteiger partial charge in [-0.2, -0.15) is 41.3 Å². The van der Waals surface area contributed by atoms with Gasteiger partial charge in [-0.15, -0.1) is 0 Å². The van der Waals surface area contributed by atoms with Crippen molar-refractivity contribution in [3.05, 3.63) is 78.7 Å². The van der Waals surface area contributed by atoms with Crippen LogP contribution in [0.4, 0.5) is 0 Å². The smallest absolute Gasteiger partial charge is 0.308 e. The Morgan fingerprint density at radius 3 is 1.78 bits per heavy atom. The molecular weight excluding hydrogens is 889 g/mol. The van der Waals surface area contributed by atoms with Gasteiger partial charge < -0.3 is 19.3 Å². The van der Waals surface area contributed by atoms with Crippen molar-refractivity contribution < 1.29 is 41.3 Å². The van der Waals surface area contributed by atoms with E-state index in [0.29, 0.717) is 51.0 Å². The van der Waals surface area contributed by atoms with E-state index in [0.717, 1.165) is 113 Å². The molecule has 0 saturated heterocycles. The molecule has 2 aliphatic carbocycles. The number of hydrogen-bond acceptors (Lipinski definition) is 13. The SMILES string of the molecule is CCOC(=O)C1CCC(CC(=O)N2CCc3c(C)nn(Cc4ccsc4)c3C2)CC1.CCOC(=O)C1CCC(CC(=O)N2CCc3c(n[nH]c3C)C2)CC1.CS(=O)(=O)OCc1ccsc1. The Balaban J connectivity index is 0.000000178. The van der Waals surface area contributed by atoms with Crippen molar-refractivity contribution in [2.75, 3.05) is 32.6 Å². The van der Waals surface area contributed by atoms with E-state index in [1.54, 1.807) is 11.3 Å². The zero-order valence-corrected chi connectivity index (χ0v) is 41.0. The summed E-state index contributed by atoms with van der Waals surface area (Å²) in [5.41, 5.74) is 9.13. The van der Waals surface area contributed by atoms with E-state index in [1.807, 2.05) is 47.4 Å². The molecule has 0 spiro atoms. The Bertz CT molecular complexity index is 2270. The molecule has 0 radical (unpaired) electrons. The van der Waals surface area contributed by atoms with Gasteiger partial charge in [0.2, 0.25) is 11.8 Å². The molecule has 4 aliphatic rings. The number of carbonyl (C=O) groups is 4. The quantitative estimate of drug-likeness (QED) is 0.103. The molecule has 0 atom stereocenters. The first-order valence-corrected chi connectivity index (χ1v) is 26.7. The average Bonchev–Trinajstić information content (AvgIpc) is 4.13. The molecule has 2 amide bonds. The maximum Gasteiger partial charge on any atom is 0.308 e. The zero-order valence-electron chi connectivity index (χ0n) is 38.6. The van der Waals surface area contributed by atoms with E-state index >= 15 is 0 Å². The number of aromatic amines is 1. The summed E-state index contributed by atoms with van der Waals surface area (Å²) >= 11 is 3.21. The predicted octanol–water partition coefficient (Wildman–Crippen LogP) is 7.53. The monoisotopic (exact) mass is 954 g/mol. The minimum Gasteiger partial charge on any atom is -0.466 e. The Hall–Kier alpha value is -4.39. The third kappa shape index (κ3) is 14.5. The maximum absolute atomic E-state index is 13.0. The van der Waals surface area contributed by atoms with E-state index < -0.39 is 10.1 Å². The molecule has 0 bridgehead atoms. The fourth-order valence-electron chi connectivity index (χ4n) is 9.29. The van der Waals surface area contributed by atoms with Crippen LogP contribution in [-0.4, -0.2) is 94.5 Å². The maximum atomic E-state index is 13.0. The minimum atomic E-state index is -3.30. The largest absolute Gasteiger partial charge is 0.466 e. The van der Waals surface area contributed by atoms with Gasteiger partial charge in [-0.3, -0.25) is 33.1 Å². The second kappa shape index (κ2) is 23.9. The minimum absolute atomic E-state index is 0.0169. The van der Waals surface area contributed by atoms with E-state index in [4.69, 9.17) is 14.6 Å². The first kappa shape index (κ1) is 50.0. The first-order chi connectivity index (χ1) is 31.2. The van der Waals surface area contributed by atoms with Crippen LogP contribution in [0.15, 0.2) is 33.7 Å². The number of amides is 2. The number of rotatable bonds is 13. The van der Waals surface area contributed by atoms with Crippen molar-refractivity contribution in [2.45, 2.75) is 131 Å². The molecule has 0 aromatic carbocycles. The second-order valence-electron chi connectivity index (χ2n) is 17.6. The fourth-order valence-corrected chi connectivity index (χ4v) is 10.9. The van der Waals surface area contributed by atoms with Crippen molar-refractivity contribution in [2.24, 2.45) is 23.7 Å². The predicted molar refractivity (Wildman–Crippen MR) is 249 cm³/mol. The number of carbonyl (C=O) groups excluding carboxylic acids is 4. The lowest BCUT2D eigenvalue weighted by Crippen LogP contribution is -2.38. The Kier molecular flexibility index (Phi) is 18.4. The van der Waals surface area contributed by atoms with Gasteiger partial charge in [-0.05, 0) is 160 Å². The molecule has 2 aliphatic heterocycles. The number of aryl methyl sites for hydroxylation is 2. The summed E-state index contributed by atoms with van der Waals surface area (Å²) < 4.78 is 37.9. The van der Waals surface area contributed by atoms with Crippen LogP contribution in [0.5, 0.6) is 0 Å². The molecule has 2 saturated carbocycles. The Morgan fingerprint density at radius 2 is 1.28 bits per heavy atom. The lowest BCUT2D eigenvalue weighted by atomic mass is 9.80. The van der Waals surface area contributed by atoms with Crippen molar-refractivity contribution in [1.29, 1.82) is 0 Å². The van der Waals surface area contributed by atoms with Gasteiger partial charge in [0.05, 0.1) is 74.6 Å². The van der Waals surface area contributed by atoms with Gasteiger partial charge in [0.15, 0.2) is 0 Å². The number of esters is 2. The molecule has 8 rings (SSSR count). The van der Waals surface area contributed by atoms with E-state index in [-0.39, 0.29) is 42.2 Å². The average molecular weight is 955 g/mol. The normalized spacial score (nSPS) is 20.6. The van der Waals surface area contributed by atoms with Crippen molar-refractivity contribution >= 4 is 56.5 Å². The topological polar surface area (TPSA) is 183 Å². The summed E-state index contributed by atoms with van der Waals surface area (Å²) in [7, 11) is -3.30. The van der Waals surface area contributed by atoms with Crippen LogP contribution in [0.2, 0.25) is 0 Å². The molecule has 18 heteroatoms. The van der Waals surface area contributed by atoms with E-state index in [2.05, 4.69) is 42.8 Å². The summed E-state index contributed by atoms with van der Waals surface area (Å²) in [5.74, 6) is 1.14. The zero-order chi connectivity index (χ0) is 46.5. The van der Waals surface area contributed by atoms with Crippen LogP contribution in [0.25, 0.3) is 0 Å². The van der Waals surface area contributed by atoms with Crippen LogP contribution in [0.3, 0.4) is 0 Å². The highest BCUT2D eigenvalue weighted by atomic mass is 32.2. The van der Waals surface area contributed by atoms with Gasteiger partial charge in [-0.25, -0.2) is 0 Å². The molecule has 65 heavy (non-hydrogen) atoms. The Labute approximate surface area is 391 Å². The summed E-state index contributed by atoms with van der Waals surface area (Å²) in [6.07, 6.45) is 11.1. The Morgan fingerprint density at radius 1 is 0.754 bits per heavy atom. The van der Waals surface area contributed by atoms with Crippen LogP contribution >= 0.6 is 22.7 Å². The van der Waals surface area contributed by atoms with Gasteiger partial charge in [-0.1, -0.05) is 0 Å². The number of ether oxygens (including phenoxy) is 2. The van der Waals surface area contributed by atoms with Gasteiger partial charge in [0.1, 0.15) is 0 Å². The molecule has 0 unspecified atom stereocenters. The van der Waals surface area contributed by atoms with Crippen LogP contribution < -0.4 is 0 Å². The first-order valence-electron chi connectivity index (χ1n) is 23.0. The van der Waals surface area contributed by atoms with Crippen molar-refractivity contribution in [1.82, 2.24) is 29.8 Å².